The smallest absolute Gasteiger partial charge is 0.223 e. The van der Waals surface area contributed by atoms with E-state index in [0.717, 1.165) is 22.5 Å². The summed E-state index contributed by atoms with van der Waals surface area (Å²) in [5.41, 5.74) is 3.98. The third kappa shape index (κ3) is 4.29. The molecule has 0 radical (unpaired) electrons. The van der Waals surface area contributed by atoms with E-state index in [-0.39, 0.29) is 12.5 Å². The number of aliphatic hydroxyl groups is 1. The van der Waals surface area contributed by atoms with Crippen LogP contribution in [0.1, 0.15) is 35.0 Å². The fourth-order valence-corrected chi connectivity index (χ4v) is 4.15. The highest BCUT2D eigenvalue weighted by atomic mass is 16.5. The van der Waals surface area contributed by atoms with Crippen LogP contribution < -0.4 is 9.47 Å². The molecule has 1 amide bonds. The molecule has 2 heterocycles. The number of hydrogen-bond acceptors (Lipinski definition) is 6. The van der Waals surface area contributed by atoms with Gasteiger partial charge in [-0.1, -0.05) is 6.07 Å². The van der Waals surface area contributed by atoms with Crippen LogP contribution in [0.5, 0.6) is 11.5 Å². The van der Waals surface area contributed by atoms with E-state index in [1.165, 1.54) is 0 Å². The van der Waals surface area contributed by atoms with Crippen molar-refractivity contribution < 1.29 is 24.1 Å². The highest BCUT2D eigenvalue weighted by Crippen LogP contribution is 2.36. The Labute approximate surface area is 177 Å². The van der Waals surface area contributed by atoms with Crippen LogP contribution in [0.3, 0.4) is 0 Å². The second-order valence-electron chi connectivity index (χ2n) is 7.51. The van der Waals surface area contributed by atoms with Gasteiger partial charge in [-0.15, -0.1) is 0 Å². The Morgan fingerprint density at radius 3 is 2.60 bits per heavy atom. The molecule has 1 aromatic carbocycles. The van der Waals surface area contributed by atoms with E-state index in [1.807, 2.05) is 48.7 Å². The zero-order valence-corrected chi connectivity index (χ0v) is 18.3. The van der Waals surface area contributed by atoms with Crippen LogP contribution >= 0.6 is 0 Å². The summed E-state index contributed by atoms with van der Waals surface area (Å²) in [6.45, 7) is 4.67. The lowest BCUT2D eigenvalue weighted by molar-refractivity contribution is -0.149. The van der Waals surface area contributed by atoms with Gasteiger partial charge in [0.1, 0.15) is 6.10 Å². The van der Waals surface area contributed by atoms with Crippen LogP contribution in [0, 0.1) is 13.8 Å². The van der Waals surface area contributed by atoms with Crippen LogP contribution in [0.25, 0.3) is 0 Å². The molecule has 2 atom stereocenters. The van der Waals surface area contributed by atoms with Crippen molar-refractivity contribution in [1.82, 2.24) is 14.7 Å². The number of ether oxygens (including phenoxy) is 3. The molecular weight excluding hydrogens is 386 g/mol. The summed E-state index contributed by atoms with van der Waals surface area (Å²) in [4.78, 5) is 15.0. The lowest BCUT2D eigenvalue weighted by Crippen LogP contribution is -2.49. The van der Waals surface area contributed by atoms with Crippen molar-refractivity contribution in [2.24, 2.45) is 7.05 Å². The number of benzene rings is 1. The number of morpholine rings is 1. The summed E-state index contributed by atoms with van der Waals surface area (Å²) >= 11 is 0. The van der Waals surface area contributed by atoms with Gasteiger partial charge in [0.2, 0.25) is 5.91 Å². The predicted molar refractivity (Wildman–Crippen MR) is 112 cm³/mol. The molecule has 0 bridgehead atoms. The van der Waals surface area contributed by atoms with Gasteiger partial charge in [-0.05, 0) is 43.5 Å². The van der Waals surface area contributed by atoms with Gasteiger partial charge in [-0.25, -0.2) is 0 Å². The van der Waals surface area contributed by atoms with Crippen LogP contribution in [-0.2, 0) is 23.0 Å². The van der Waals surface area contributed by atoms with E-state index in [1.54, 1.807) is 14.2 Å². The lowest BCUT2D eigenvalue weighted by Gasteiger charge is -2.41. The van der Waals surface area contributed by atoms with Gasteiger partial charge >= 0.3 is 0 Å². The summed E-state index contributed by atoms with van der Waals surface area (Å²) < 4.78 is 18.4. The lowest BCUT2D eigenvalue weighted by atomic mass is 9.96. The first-order valence-corrected chi connectivity index (χ1v) is 10.1. The maximum Gasteiger partial charge on any atom is 0.223 e. The first-order valence-electron chi connectivity index (χ1n) is 10.1. The molecule has 1 aliphatic rings. The molecule has 3 rings (SSSR count). The monoisotopic (exact) mass is 417 g/mol. The number of aryl methyl sites for hydroxylation is 2. The quantitative estimate of drug-likeness (QED) is 0.741. The van der Waals surface area contributed by atoms with Crippen molar-refractivity contribution in [2.75, 3.05) is 34.0 Å². The Hall–Kier alpha value is -2.58. The molecule has 2 aromatic rings. The van der Waals surface area contributed by atoms with Gasteiger partial charge < -0.3 is 24.2 Å². The van der Waals surface area contributed by atoms with Crippen LogP contribution in [0.2, 0.25) is 0 Å². The van der Waals surface area contributed by atoms with Crippen molar-refractivity contribution in [3.05, 3.63) is 40.7 Å². The van der Waals surface area contributed by atoms with Gasteiger partial charge in [0, 0.05) is 25.7 Å². The minimum absolute atomic E-state index is 0.0270. The predicted octanol–water partition coefficient (Wildman–Crippen LogP) is 1.95. The first-order chi connectivity index (χ1) is 14.4. The van der Waals surface area contributed by atoms with Crippen molar-refractivity contribution in [3.8, 4) is 11.5 Å². The average molecular weight is 418 g/mol. The summed E-state index contributed by atoms with van der Waals surface area (Å²) in [5.74, 6) is 1.21. The number of methoxy groups -OCH3 is 2. The van der Waals surface area contributed by atoms with Crippen molar-refractivity contribution in [2.45, 2.75) is 38.8 Å². The third-order valence-corrected chi connectivity index (χ3v) is 5.85. The molecule has 0 aliphatic carbocycles. The molecule has 0 unspecified atom stereocenters. The van der Waals surface area contributed by atoms with Crippen molar-refractivity contribution in [1.29, 1.82) is 0 Å². The Kier molecular flexibility index (Phi) is 6.99. The highest BCUT2D eigenvalue weighted by Gasteiger charge is 2.36. The van der Waals surface area contributed by atoms with E-state index in [4.69, 9.17) is 14.2 Å². The second-order valence-corrected chi connectivity index (χ2v) is 7.51. The number of hydrogen-bond donors (Lipinski definition) is 1. The molecule has 0 spiro atoms. The topological polar surface area (TPSA) is 86.0 Å². The highest BCUT2D eigenvalue weighted by molar-refractivity contribution is 5.77. The zero-order chi connectivity index (χ0) is 21.8. The molecule has 1 N–H and O–H groups in total. The minimum atomic E-state index is -0.498. The SMILES string of the molecule is COc1ccc([C@@H]2[C@@H](CO)OCCN2C(=O)CCc2c(C)nn(C)c2C)cc1OC. The van der Waals surface area contributed by atoms with E-state index < -0.39 is 12.1 Å². The Morgan fingerprint density at radius 2 is 2.00 bits per heavy atom. The molecule has 1 aliphatic heterocycles. The summed E-state index contributed by atoms with van der Waals surface area (Å²) in [6.07, 6.45) is 0.502. The summed E-state index contributed by atoms with van der Waals surface area (Å²) in [5, 5.41) is 14.3. The minimum Gasteiger partial charge on any atom is -0.493 e. The van der Waals surface area contributed by atoms with E-state index in [2.05, 4.69) is 5.10 Å². The van der Waals surface area contributed by atoms with Crippen molar-refractivity contribution in [3.63, 3.8) is 0 Å². The fraction of sp³-hybridized carbons (Fsp3) is 0.545. The van der Waals surface area contributed by atoms with E-state index >= 15 is 0 Å². The zero-order valence-electron chi connectivity index (χ0n) is 18.3. The third-order valence-electron chi connectivity index (χ3n) is 5.85. The standard InChI is InChI=1S/C22H31N3O5/c1-14-17(15(2)24(3)23-14)7-9-21(27)25-10-11-30-20(13-26)22(25)16-6-8-18(28-4)19(12-16)29-5/h6,8,12,20,22,26H,7,9-11,13H2,1-5H3/t20-,22-/m1/s1. The molecule has 1 fully saturated rings. The van der Waals surface area contributed by atoms with Crippen molar-refractivity contribution >= 4 is 5.91 Å². The molecule has 0 saturated carbocycles. The molecular formula is C22H31N3O5. The summed E-state index contributed by atoms with van der Waals surface area (Å²) in [6, 6.07) is 5.14. The molecule has 1 aromatic heterocycles. The number of carbonyl (C=O) groups is 1. The van der Waals surface area contributed by atoms with Gasteiger partial charge in [0.25, 0.3) is 0 Å². The Bertz CT molecular complexity index is 895. The number of aliphatic hydroxyl groups excluding tert-OH is 1. The number of aromatic nitrogens is 2. The van der Waals surface area contributed by atoms with E-state index in [9.17, 15) is 9.90 Å². The van der Waals surface area contributed by atoms with Gasteiger partial charge in [-0.2, -0.15) is 5.10 Å². The molecule has 8 heteroatoms. The maximum atomic E-state index is 13.2. The maximum absolute atomic E-state index is 13.2. The second kappa shape index (κ2) is 9.49. The average Bonchev–Trinajstić information content (AvgIpc) is 3.01. The van der Waals surface area contributed by atoms with Crippen LogP contribution in [0.15, 0.2) is 18.2 Å². The number of amides is 1. The summed E-state index contributed by atoms with van der Waals surface area (Å²) in [7, 11) is 5.06. The number of carbonyl (C=O) groups excluding carboxylic acids is 1. The van der Waals surface area contributed by atoms with Gasteiger partial charge in [-0.3, -0.25) is 9.48 Å². The molecule has 8 nitrogen and oxygen atoms in total. The number of nitrogens with zero attached hydrogens (tertiary/aromatic N) is 3. The van der Waals surface area contributed by atoms with Gasteiger partial charge in [0.15, 0.2) is 11.5 Å². The van der Waals surface area contributed by atoms with Crippen LogP contribution in [-0.4, -0.2) is 65.8 Å². The normalized spacial score (nSPS) is 19.1. The number of rotatable bonds is 7. The molecule has 164 valence electrons. The fourth-order valence-electron chi connectivity index (χ4n) is 4.15. The first kappa shape index (κ1) is 22.1. The Morgan fingerprint density at radius 1 is 1.27 bits per heavy atom. The van der Waals surface area contributed by atoms with Crippen LogP contribution in [0.4, 0.5) is 0 Å². The van der Waals surface area contributed by atoms with E-state index in [0.29, 0.717) is 37.5 Å². The molecule has 30 heavy (non-hydrogen) atoms. The Balaban J connectivity index is 1.85. The van der Waals surface area contributed by atoms with Gasteiger partial charge in [0.05, 0.1) is 39.2 Å². The molecule has 1 saturated heterocycles. The largest absolute Gasteiger partial charge is 0.493 e.